The molecule has 17 heavy (non-hydrogen) atoms. The lowest BCUT2D eigenvalue weighted by atomic mass is 10.2. The zero-order valence-electron chi connectivity index (χ0n) is 9.14. The fourth-order valence-electron chi connectivity index (χ4n) is 1.34. The molecule has 0 bridgehead atoms. The second-order valence-electron chi connectivity index (χ2n) is 3.19. The van der Waals surface area contributed by atoms with Gasteiger partial charge < -0.3 is 4.74 Å². The maximum atomic E-state index is 11.3. The summed E-state index contributed by atoms with van der Waals surface area (Å²) in [5.74, 6) is 0.101. The van der Waals surface area contributed by atoms with Crippen LogP contribution in [0.2, 0.25) is 0 Å². The molecule has 0 amide bonds. The van der Waals surface area contributed by atoms with Crippen molar-refractivity contribution in [3.05, 3.63) is 27.8 Å². The van der Waals surface area contributed by atoms with Crippen molar-refractivity contribution >= 4 is 25.4 Å². The van der Waals surface area contributed by atoms with Crippen molar-refractivity contribution < 1.29 is 18.1 Å². The minimum atomic E-state index is -4.04. The summed E-state index contributed by atoms with van der Waals surface area (Å²) in [4.78, 5) is 9.78. The van der Waals surface area contributed by atoms with Crippen molar-refractivity contribution in [3.8, 4) is 5.75 Å². The van der Waals surface area contributed by atoms with Crippen LogP contribution in [0, 0.1) is 17.0 Å². The van der Waals surface area contributed by atoms with Gasteiger partial charge in [-0.25, -0.2) is 8.42 Å². The quantitative estimate of drug-likeness (QED) is 0.479. The number of halogens is 1. The molecule has 1 rings (SSSR count). The van der Waals surface area contributed by atoms with Gasteiger partial charge in [-0.2, -0.15) is 0 Å². The van der Waals surface area contributed by atoms with Gasteiger partial charge in [0, 0.05) is 22.3 Å². The standard InChI is InChI=1S/C9H10ClNO5S/c1-3-16-7-4-8(11(12)13)6(2)9(5-7)17(10,14)15/h4-5H,3H2,1-2H3. The molecule has 0 fully saturated rings. The maximum absolute atomic E-state index is 11.3. The van der Waals surface area contributed by atoms with Crippen LogP contribution in [0.5, 0.6) is 5.75 Å². The average molecular weight is 280 g/mol. The van der Waals surface area contributed by atoms with Gasteiger partial charge in [0.05, 0.1) is 22.5 Å². The summed E-state index contributed by atoms with van der Waals surface area (Å²) >= 11 is 0. The number of nitro benzene ring substituents is 1. The van der Waals surface area contributed by atoms with E-state index < -0.39 is 14.0 Å². The molecule has 0 unspecified atom stereocenters. The highest BCUT2D eigenvalue weighted by Crippen LogP contribution is 2.32. The van der Waals surface area contributed by atoms with Crippen LogP contribution in [0.25, 0.3) is 0 Å². The van der Waals surface area contributed by atoms with Crippen LogP contribution in [0.3, 0.4) is 0 Å². The Kier molecular flexibility index (Phi) is 3.94. The van der Waals surface area contributed by atoms with E-state index in [1.807, 2.05) is 0 Å². The molecule has 0 N–H and O–H groups in total. The van der Waals surface area contributed by atoms with Crippen LogP contribution in [0.4, 0.5) is 5.69 Å². The van der Waals surface area contributed by atoms with Crippen molar-refractivity contribution in [2.45, 2.75) is 18.7 Å². The Morgan fingerprint density at radius 2 is 2.06 bits per heavy atom. The molecule has 0 aliphatic rings. The van der Waals surface area contributed by atoms with E-state index in [0.717, 1.165) is 0 Å². The van der Waals surface area contributed by atoms with Crippen molar-refractivity contribution in [2.75, 3.05) is 6.61 Å². The predicted octanol–water partition coefficient (Wildman–Crippen LogP) is 2.23. The van der Waals surface area contributed by atoms with Gasteiger partial charge in [-0.15, -0.1) is 0 Å². The van der Waals surface area contributed by atoms with E-state index in [1.54, 1.807) is 6.92 Å². The third-order valence-electron chi connectivity index (χ3n) is 2.08. The monoisotopic (exact) mass is 279 g/mol. The normalized spacial score (nSPS) is 11.2. The molecule has 8 heteroatoms. The Balaban J connectivity index is 3.55. The van der Waals surface area contributed by atoms with Gasteiger partial charge >= 0.3 is 0 Å². The summed E-state index contributed by atoms with van der Waals surface area (Å²) in [6.07, 6.45) is 0. The van der Waals surface area contributed by atoms with Crippen molar-refractivity contribution in [1.82, 2.24) is 0 Å². The Bertz CT molecular complexity index is 555. The summed E-state index contributed by atoms with van der Waals surface area (Å²) in [6, 6.07) is 2.35. The van der Waals surface area contributed by atoms with Crippen molar-refractivity contribution in [2.24, 2.45) is 0 Å². The minimum absolute atomic E-state index is 0.00606. The first-order valence-electron chi connectivity index (χ1n) is 4.64. The van der Waals surface area contributed by atoms with Gasteiger partial charge in [-0.1, -0.05) is 0 Å². The van der Waals surface area contributed by atoms with Gasteiger partial charge in [0.15, 0.2) is 0 Å². The number of hydrogen-bond acceptors (Lipinski definition) is 5. The molecule has 0 radical (unpaired) electrons. The third-order valence-corrected chi connectivity index (χ3v) is 3.52. The van der Waals surface area contributed by atoms with Crippen molar-refractivity contribution in [3.63, 3.8) is 0 Å². The number of nitro groups is 1. The van der Waals surface area contributed by atoms with Gasteiger partial charge in [0.2, 0.25) is 0 Å². The summed E-state index contributed by atoms with van der Waals surface area (Å²) in [5, 5.41) is 10.8. The first-order chi connectivity index (χ1) is 7.77. The Morgan fingerprint density at radius 1 is 1.47 bits per heavy atom. The number of nitrogens with zero attached hydrogens (tertiary/aromatic N) is 1. The van der Waals surface area contributed by atoms with E-state index in [0.29, 0.717) is 0 Å². The molecular weight excluding hydrogens is 270 g/mol. The highest BCUT2D eigenvalue weighted by atomic mass is 35.7. The van der Waals surface area contributed by atoms with Crippen molar-refractivity contribution in [1.29, 1.82) is 0 Å². The Labute approximate surface area is 103 Å². The van der Waals surface area contributed by atoms with Gasteiger partial charge in [-0.05, 0) is 13.8 Å². The van der Waals surface area contributed by atoms with E-state index in [4.69, 9.17) is 15.4 Å². The summed E-state index contributed by atoms with van der Waals surface area (Å²) < 4.78 is 27.6. The molecule has 0 spiro atoms. The largest absolute Gasteiger partial charge is 0.494 e. The van der Waals surface area contributed by atoms with Crippen LogP contribution in [-0.2, 0) is 9.05 Å². The van der Waals surface area contributed by atoms with E-state index in [1.165, 1.54) is 19.1 Å². The fourth-order valence-corrected chi connectivity index (χ4v) is 2.55. The maximum Gasteiger partial charge on any atom is 0.277 e. The molecule has 0 aromatic heterocycles. The zero-order valence-corrected chi connectivity index (χ0v) is 10.7. The van der Waals surface area contributed by atoms with E-state index in [9.17, 15) is 18.5 Å². The van der Waals surface area contributed by atoms with Crippen LogP contribution in [-0.4, -0.2) is 19.9 Å². The molecule has 0 aliphatic carbocycles. The van der Waals surface area contributed by atoms with Crippen LogP contribution in [0.1, 0.15) is 12.5 Å². The number of hydrogen-bond donors (Lipinski definition) is 0. The first kappa shape index (κ1) is 13.7. The molecule has 1 aromatic rings. The smallest absolute Gasteiger partial charge is 0.277 e. The Hall–Kier alpha value is -1.34. The highest BCUT2D eigenvalue weighted by molar-refractivity contribution is 8.13. The zero-order chi connectivity index (χ0) is 13.2. The first-order valence-corrected chi connectivity index (χ1v) is 6.94. The van der Waals surface area contributed by atoms with Gasteiger partial charge in [0.1, 0.15) is 5.75 Å². The molecule has 94 valence electrons. The number of benzene rings is 1. The second kappa shape index (κ2) is 4.89. The molecule has 0 atom stereocenters. The average Bonchev–Trinajstić information content (AvgIpc) is 2.18. The minimum Gasteiger partial charge on any atom is -0.494 e. The Morgan fingerprint density at radius 3 is 2.47 bits per heavy atom. The molecule has 0 heterocycles. The second-order valence-corrected chi connectivity index (χ2v) is 5.73. The molecule has 0 aliphatic heterocycles. The number of rotatable bonds is 4. The fraction of sp³-hybridized carbons (Fsp3) is 0.333. The molecule has 6 nitrogen and oxygen atoms in total. The van der Waals surface area contributed by atoms with E-state index >= 15 is 0 Å². The molecule has 0 saturated carbocycles. The molecule has 0 saturated heterocycles. The van der Waals surface area contributed by atoms with Gasteiger partial charge in [0.25, 0.3) is 14.7 Å². The van der Waals surface area contributed by atoms with Crippen LogP contribution >= 0.6 is 10.7 Å². The predicted molar refractivity (Wildman–Crippen MR) is 62.0 cm³/mol. The summed E-state index contributed by atoms with van der Waals surface area (Å²) in [7, 11) is 1.16. The summed E-state index contributed by atoms with van der Waals surface area (Å²) in [6.45, 7) is 3.27. The SMILES string of the molecule is CCOc1cc([N+](=O)[O-])c(C)c(S(=O)(=O)Cl)c1. The third kappa shape index (κ3) is 3.07. The van der Waals surface area contributed by atoms with E-state index in [-0.39, 0.29) is 28.5 Å². The molecule has 1 aromatic carbocycles. The van der Waals surface area contributed by atoms with Crippen LogP contribution < -0.4 is 4.74 Å². The van der Waals surface area contributed by atoms with E-state index in [2.05, 4.69) is 0 Å². The lowest BCUT2D eigenvalue weighted by molar-refractivity contribution is -0.385. The van der Waals surface area contributed by atoms with Gasteiger partial charge in [-0.3, -0.25) is 10.1 Å². The number of ether oxygens (including phenoxy) is 1. The molecular formula is C9H10ClNO5S. The lowest BCUT2D eigenvalue weighted by Crippen LogP contribution is -2.02. The topological polar surface area (TPSA) is 86.5 Å². The summed E-state index contributed by atoms with van der Waals surface area (Å²) in [5.41, 5.74) is -0.344. The lowest BCUT2D eigenvalue weighted by Gasteiger charge is -2.07. The van der Waals surface area contributed by atoms with Crippen LogP contribution in [0.15, 0.2) is 17.0 Å². The highest BCUT2D eigenvalue weighted by Gasteiger charge is 2.23.